The Labute approximate surface area is 109 Å². The maximum atomic E-state index is 6.19. The maximum absolute atomic E-state index is 6.19. The third-order valence-electron chi connectivity index (χ3n) is 2.23. The van der Waals surface area contributed by atoms with Crippen molar-refractivity contribution in [3.05, 3.63) is 41.4 Å². The molecule has 0 amide bonds. The first-order chi connectivity index (χ1) is 7.94. The van der Waals surface area contributed by atoms with Crippen LogP contribution in [0.15, 0.2) is 30.9 Å². The van der Waals surface area contributed by atoms with E-state index in [4.69, 9.17) is 16.3 Å². The van der Waals surface area contributed by atoms with Crippen LogP contribution in [0.4, 0.5) is 0 Å². The van der Waals surface area contributed by atoms with Gasteiger partial charge in [-0.15, -0.1) is 0 Å². The van der Waals surface area contributed by atoms with Gasteiger partial charge in [0.1, 0.15) is 12.4 Å². The fourth-order valence-electron chi connectivity index (χ4n) is 1.35. The zero-order valence-corrected chi connectivity index (χ0v) is 11.5. The van der Waals surface area contributed by atoms with Gasteiger partial charge in [-0.25, -0.2) is 0 Å². The van der Waals surface area contributed by atoms with Crippen molar-refractivity contribution in [1.82, 2.24) is 5.32 Å². The Bertz CT molecular complexity index is 382. The quantitative estimate of drug-likeness (QED) is 0.806. The molecule has 0 bridgehead atoms. The van der Waals surface area contributed by atoms with Crippen LogP contribution in [-0.4, -0.2) is 12.1 Å². The van der Waals surface area contributed by atoms with E-state index in [2.05, 4.69) is 32.7 Å². The first kappa shape index (κ1) is 14.1. The van der Waals surface area contributed by atoms with E-state index in [1.807, 2.05) is 18.2 Å². The topological polar surface area (TPSA) is 21.3 Å². The third-order valence-corrected chi connectivity index (χ3v) is 2.58. The third kappa shape index (κ3) is 4.80. The summed E-state index contributed by atoms with van der Waals surface area (Å²) in [5.41, 5.74) is 1.04. The molecule has 1 aromatic rings. The molecule has 1 rings (SSSR count). The van der Waals surface area contributed by atoms with E-state index in [-0.39, 0.29) is 5.54 Å². The SMILES string of the molecule is C=CCOc1cccc(Cl)c1CNC(C)(C)C. The summed E-state index contributed by atoms with van der Waals surface area (Å²) in [5, 5.41) is 4.13. The summed E-state index contributed by atoms with van der Waals surface area (Å²) in [5.74, 6) is 0.814. The van der Waals surface area contributed by atoms with Gasteiger partial charge in [-0.1, -0.05) is 30.3 Å². The Morgan fingerprint density at radius 2 is 2.12 bits per heavy atom. The summed E-state index contributed by atoms with van der Waals surface area (Å²) < 4.78 is 5.59. The standard InChI is InChI=1S/C14H20ClNO/c1-5-9-17-13-8-6-7-12(15)11(13)10-16-14(2,3)4/h5-8,16H,1,9-10H2,2-4H3. The number of halogens is 1. The van der Waals surface area contributed by atoms with Crippen LogP contribution in [0.2, 0.25) is 5.02 Å². The van der Waals surface area contributed by atoms with Gasteiger partial charge in [0, 0.05) is 22.7 Å². The molecule has 3 heteroatoms. The molecule has 1 N–H and O–H groups in total. The number of benzene rings is 1. The minimum atomic E-state index is 0.0505. The molecule has 0 saturated heterocycles. The minimum Gasteiger partial charge on any atom is -0.489 e. The Morgan fingerprint density at radius 3 is 2.71 bits per heavy atom. The molecule has 1 aromatic carbocycles. The van der Waals surface area contributed by atoms with Gasteiger partial charge in [-0.3, -0.25) is 0 Å². The van der Waals surface area contributed by atoms with E-state index >= 15 is 0 Å². The van der Waals surface area contributed by atoms with Crippen molar-refractivity contribution in [2.24, 2.45) is 0 Å². The second kappa shape index (κ2) is 6.08. The van der Waals surface area contributed by atoms with Crippen molar-refractivity contribution in [3.63, 3.8) is 0 Å². The zero-order valence-electron chi connectivity index (χ0n) is 10.7. The molecule has 0 unspecified atom stereocenters. The van der Waals surface area contributed by atoms with Crippen LogP contribution in [0.3, 0.4) is 0 Å². The first-order valence-electron chi connectivity index (χ1n) is 5.70. The highest BCUT2D eigenvalue weighted by atomic mass is 35.5. The smallest absolute Gasteiger partial charge is 0.125 e. The second-order valence-corrected chi connectivity index (χ2v) is 5.33. The molecule has 2 nitrogen and oxygen atoms in total. The Morgan fingerprint density at radius 1 is 1.41 bits per heavy atom. The van der Waals surface area contributed by atoms with Gasteiger partial charge in [0.05, 0.1) is 0 Å². The van der Waals surface area contributed by atoms with Crippen LogP contribution >= 0.6 is 11.6 Å². The van der Waals surface area contributed by atoms with Crippen LogP contribution in [0, 0.1) is 0 Å². The van der Waals surface area contributed by atoms with Crippen molar-refractivity contribution >= 4 is 11.6 Å². The van der Waals surface area contributed by atoms with Crippen molar-refractivity contribution in [2.75, 3.05) is 6.61 Å². The lowest BCUT2D eigenvalue weighted by Crippen LogP contribution is -2.35. The van der Waals surface area contributed by atoms with Gasteiger partial charge in [-0.2, -0.15) is 0 Å². The minimum absolute atomic E-state index is 0.0505. The molecule has 0 spiro atoms. The van der Waals surface area contributed by atoms with Crippen molar-refractivity contribution in [2.45, 2.75) is 32.9 Å². The normalized spacial score (nSPS) is 11.3. The average Bonchev–Trinajstić information content (AvgIpc) is 2.23. The van der Waals surface area contributed by atoms with E-state index in [9.17, 15) is 0 Å². The van der Waals surface area contributed by atoms with Gasteiger partial charge in [0.25, 0.3) is 0 Å². The molecular formula is C14H20ClNO. The number of ether oxygens (including phenoxy) is 1. The molecule has 0 aliphatic carbocycles. The Hall–Kier alpha value is -0.990. The fraction of sp³-hybridized carbons (Fsp3) is 0.429. The molecule has 94 valence electrons. The average molecular weight is 254 g/mol. The second-order valence-electron chi connectivity index (χ2n) is 4.92. The number of nitrogens with one attached hydrogen (secondary N) is 1. The summed E-state index contributed by atoms with van der Waals surface area (Å²) >= 11 is 6.19. The van der Waals surface area contributed by atoms with Crippen LogP contribution < -0.4 is 10.1 Å². The van der Waals surface area contributed by atoms with Gasteiger partial charge < -0.3 is 10.1 Å². The summed E-state index contributed by atoms with van der Waals surface area (Å²) in [6.45, 7) is 11.2. The van der Waals surface area contributed by atoms with Crippen molar-refractivity contribution < 1.29 is 4.74 Å². The zero-order chi connectivity index (χ0) is 12.9. The highest BCUT2D eigenvalue weighted by Gasteiger charge is 2.13. The summed E-state index contributed by atoms with van der Waals surface area (Å²) in [7, 11) is 0. The Kier molecular flexibility index (Phi) is 5.03. The van der Waals surface area contributed by atoms with E-state index in [1.165, 1.54) is 0 Å². The van der Waals surface area contributed by atoms with E-state index < -0.39 is 0 Å². The van der Waals surface area contributed by atoms with E-state index in [0.29, 0.717) is 13.2 Å². The van der Waals surface area contributed by atoms with Gasteiger partial charge >= 0.3 is 0 Å². The molecule has 0 fully saturated rings. The predicted octanol–water partition coefficient (Wildman–Crippen LogP) is 3.79. The molecule has 0 atom stereocenters. The van der Waals surface area contributed by atoms with E-state index in [0.717, 1.165) is 16.3 Å². The lowest BCUT2D eigenvalue weighted by atomic mass is 10.1. The van der Waals surface area contributed by atoms with E-state index in [1.54, 1.807) is 6.08 Å². The summed E-state index contributed by atoms with van der Waals surface area (Å²) in [6.07, 6.45) is 1.72. The van der Waals surface area contributed by atoms with Crippen molar-refractivity contribution in [3.8, 4) is 5.75 Å². The molecule has 0 heterocycles. The van der Waals surface area contributed by atoms with Crippen LogP contribution in [0.1, 0.15) is 26.3 Å². The molecule has 0 aliphatic heterocycles. The van der Waals surface area contributed by atoms with Crippen LogP contribution in [-0.2, 0) is 6.54 Å². The maximum Gasteiger partial charge on any atom is 0.125 e. The first-order valence-corrected chi connectivity index (χ1v) is 6.08. The lowest BCUT2D eigenvalue weighted by Gasteiger charge is -2.22. The fourth-order valence-corrected chi connectivity index (χ4v) is 1.58. The molecule has 0 aliphatic rings. The van der Waals surface area contributed by atoms with Crippen LogP contribution in [0.5, 0.6) is 5.75 Å². The highest BCUT2D eigenvalue weighted by Crippen LogP contribution is 2.26. The number of hydrogen-bond donors (Lipinski definition) is 1. The molecule has 0 saturated carbocycles. The van der Waals surface area contributed by atoms with Crippen LogP contribution in [0.25, 0.3) is 0 Å². The monoisotopic (exact) mass is 253 g/mol. The number of hydrogen-bond acceptors (Lipinski definition) is 2. The van der Waals surface area contributed by atoms with Gasteiger partial charge in [0.2, 0.25) is 0 Å². The number of rotatable bonds is 5. The lowest BCUT2D eigenvalue weighted by molar-refractivity contribution is 0.353. The van der Waals surface area contributed by atoms with Gasteiger partial charge in [0.15, 0.2) is 0 Å². The predicted molar refractivity (Wildman–Crippen MR) is 73.7 cm³/mol. The largest absolute Gasteiger partial charge is 0.489 e. The summed E-state index contributed by atoms with van der Waals surface area (Å²) in [4.78, 5) is 0. The van der Waals surface area contributed by atoms with Crippen molar-refractivity contribution in [1.29, 1.82) is 0 Å². The summed E-state index contributed by atoms with van der Waals surface area (Å²) in [6, 6.07) is 5.69. The molecule has 0 aromatic heterocycles. The Balaban J connectivity index is 2.83. The molecule has 17 heavy (non-hydrogen) atoms. The highest BCUT2D eigenvalue weighted by molar-refractivity contribution is 6.31. The van der Waals surface area contributed by atoms with Gasteiger partial charge in [-0.05, 0) is 32.9 Å². The molecule has 0 radical (unpaired) electrons. The molecular weight excluding hydrogens is 234 g/mol.